The van der Waals surface area contributed by atoms with Crippen molar-refractivity contribution in [1.82, 2.24) is 4.90 Å². The molecule has 3 nitrogen and oxygen atoms in total. The zero-order valence-electron chi connectivity index (χ0n) is 10.4. The number of nitrogens with two attached hydrogens (primary N) is 1. The van der Waals surface area contributed by atoms with Crippen LogP contribution in [0, 0.1) is 0 Å². The lowest BCUT2D eigenvalue weighted by Gasteiger charge is -2.20. The van der Waals surface area contributed by atoms with E-state index in [4.69, 9.17) is 10.5 Å². The topological polar surface area (TPSA) is 38.5 Å². The predicted molar refractivity (Wildman–Crippen MR) is 77.9 cm³/mol. The Balaban J connectivity index is 0.00000256. The predicted octanol–water partition coefficient (Wildman–Crippen LogP) is 2.66. The number of benzene rings is 1. The Hall–Kier alpha value is -0.290. The van der Waals surface area contributed by atoms with Crippen LogP contribution < -0.4 is 10.5 Å². The van der Waals surface area contributed by atoms with E-state index in [1.165, 1.54) is 5.56 Å². The van der Waals surface area contributed by atoms with Crippen molar-refractivity contribution in [2.24, 2.45) is 5.73 Å². The zero-order valence-corrected chi connectivity index (χ0v) is 12.8. The van der Waals surface area contributed by atoms with Crippen LogP contribution in [-0.2, 0) is 6.54 Å². The minimum absolute atomic E-state index is 0. The molecule has 0 aliphatic carbocycles. The van der Waals surface area contributed by atoms with E-state index in [9.17, 15) is 0 Å². The number of methoxy groups -OCH3 is 1. The molecule has 98 valence electrons. The summed E-state index contributed by atoms with van der Waals surface area (Å²) >= 11 is 3.47. The van der Waals surface area contributed by atoms with Gasteiger partial charge in [0.15, 0.2) is 0 Å². The number of rotatable bonds is 5. The van der Waals surface area contributed by atoms with Crippen molar-refractivity contribution >= 4 is 28.3 Å². The highest BCUT2D eigenvalue weighted by Gasteiger charge is 2.08. The maximum atomic E-state index is 5.77. The Kier molecular flexibility index (Phi) is 7.79. The van der Waals surface area contributed by atoms with Gasteiger partial charge in [-0.2, -0.15) is 0 Å². The lowest BCUT2D eigenvalue weighted by atomic mass is 10.2. The fourth-order valence-corrected chi connectivity index (χ4v) is 2.13. The van der Waals surface area contributed by atoms with Gasteiger partial charge < -0.3 is 15.4 Å². The molecule has 0 saturated heterocycles. The van der Waals surface area contributed by atoms with Crippen molar-refractivity contribution in [3.63, 3.8) is 0 Å². The van der Waals surface area contributed by atoms with Crippen LogP contribution in [-0.4, -0.2) is 31.6 Å². The minimum Gasteiger partial charge on any atom is -0.496 e. The van der Waals surface area contributed by atoms with Gasteiger partial charge in [-0.25, -0.2) is 0 Å². The molecule has 1 aromatic rings. The zero-order chi connectivity index (χ0) is 12.1. The van der Waals surface area contributed by atoms with Crippen LogP contribution in [0.2, 0.25) is 0 Å². The van der Waals surface area contributed by atoms with Gasteiger partial charge in [0.25, 0.3) is 0 Å². The molecule has 1 atom stereocenters. The molecule has 0 fully saturated rings. The standard InChI is InChI=1S/C12H19BrN2O.ClH/c1-9(14)7-15(2)8-10-6-11(13)4-5-12(10)16-3;/h4-6,9H,7-8,14H2,1-3H3;1H. The minimum atomic E-state index is 0. The molecule has 0 heterocycles. The third kappa shape index (κ3) is 5.73. The molecule has 0 aliphatic heterocycles. The Morgan fingerprint density at radius 3 is 2.65 bits per heavy atom. The molecule has 0 radical (unpaired) electrons. The van der Waals surface area contributed by atoms with Crippen LogP contribution in [0.1, 0.15) is 12.5 Å². The molecule has 0 bridgehead atoms. The lowest BCUT2D eigenvalue weighted by Crippen LogP contribution is -2.32. The Bertz CT molecular complexity index is 347. The summed E-state index contributed by atoms with van der Waals surface area (Å²) in [5.74, 6) is 0.916. The van der Waals surface area contributed by atoms with E-state index >= 15 is 0 Å². The molecule has 1 rings (SSSR count). The number of halogens is 2. The molecule has 2 N–H and O–H groups in total. The molecule has 1 unspecified atom stereocenters. The van der Waals surface area contributed by atoms with Gasteiger partial charge in [0, 0.05) is 29.2 Å². The summed E-state index contributed by atoms with van der Waals surface area (Å²) in [6.07, 6.45) is 0. The van der Waals surface area contributed by atoms with E-state index in [1.54, 1.807) is 7.11 Å². The summed E-state index contributed by atoms with van der Waals surface area (Å²) < 4.78 is 6.39. The van der Waals surface area contributed by atoms with Crippen molar-refractivity contribution in [3.05, 3.63) is 28.2 Å². The molecule has 0 aromatic heterocycles. The van der Waals surface area contributed by atoms with Gasteiger partial charge in [-0.15, -0.1) is 12.4 Å². The molecule has 5 heteroatoms. The van der Waals surface area contributed by atoms with Crippen molar-refractivity contribution in [1.29, 1.82) is 0 Å². The summed E-state index contributed by atoms with van der Waals surface area (Å²) in [5, 5.41) is 0. The Morgan fingerprint density at radius 1 is 1.47 bits per heavy atom. The number of nitrogens with zero attached hydrogens (tertiary/aromatic N) is 1. The number of ether oxygens (including phenoxy) is 1. The molecule has 1 aromatic carbocycles. The molecular formula is C12H20BrClN2O. The van der Waals surface area contributed by atoms with E-state index in [-0.39, 0.29) is 18.4 Å². The fraction of sp³-hybridized carbons (Fsp3) is 0.500. The summed E-state index contributed by atoms with van der Waals surface area (Å²) in [7, 11) is 3.75. The van der Waals surface area contributed by atoms with E-state index in [0.717, 1.165) is 23.3 Å². The van der Waals surface area contributed by atoms with Gasteiger partial charge in [-0.1, -0.05) is 15.9 Å². The molecule has 17 heavy (non-hydrogen) atoms. The van der Waals surface area contributed by atoms with E-state index in [2.05, 4.69) is 33.9 Å². The molecule has 0 amide bonds. The number of hydrogen-bond acceptors (Lipinski definition) is 3. The highest BCUT2D eigenvalue weighted by molar-refractivity contribution is 9.10. The summed E-state index contributed by atoms with van der Waals surface area (Å²) in [6, 6.07) is 6.21. The van der Waals surface area contributed by atoms with Crippen LogP contribution >= 0.6 is 28.3 Å². The highest BCUT2D eigenvalue weighted by Crippen LogP contribution is 2.23. The number of likely N-dealkylation sites (N-methyl/N-ethyl adjacent to an activating group) is 1. The SMILES string of the molecule is COc1ccc(Br)cc1CN(C)CC(C)N.Cl. The van der Waals surface area contributed by atoms with Crippen LogP contribution in [0.5, 0.6) is 5.75 Å². The van der Waals surface area contributed by atoms with E-state index < -0.39 is 0 Å². The highest BCUT2D eigenvalue weighted by atomic mass is 79.9. The average Bonchev–Trinajstić information content (AvgIpc) is 2.16. The van der Waals surface area contributed by atoms with E-state index in [0.29, 0.717) is 0 Å². The Labute approximate surface area is 118 Å². The Morgan fingerprint density at radius 2 is 2.12 bits per heavy atom. The van der Waals surface area contributed by atoms with Gasteiger partial charge in [0.05, 0.1) is 7.11 Å². The van der Waals surface area contributed by atoms with Gasteiger partial charge in [0.2, 0.25) is 0 Å². The maximum Gasteiger partial charge on any atom is 0.123 e. The fourth-order valence-electron chi connectivity index (χ4n) is 1.72. The third-order valence-electron chi connectivity index (χ3n) is 2.28. The quantitative estimate of drug-likeness (QED) is 0.905. The summed E-state index contributed by atoms with van der Waals surface area (Å²) in [6.45, 7) is 3.72. The lowest BCUT2D eigenvalue weighted by molar-refractivity contribution is 0.302. The first-order valence-electron chi connectivity index (χ1n) is 5.29. The van der Waals surface area contributed by atoms with Crippen molar-refractivity contribution < 1.29 is 4.74 Å². The third-order valence-corrected chi connectivity index (χ3v) is 2.78. The second-order valence-electron chi connectivity index (χ2n) is 4.13. The van der Waals surface area contributed by atoms with Gasteiger partial charge in [-0.05, 0) is 32.2 Å². The van der Waals surface area contributed by atoms with Crippen molar-refractivity contribution in [2.75, 3.05) is 20.7 Å². The van der Waals surface area contributed by atoms with Crippen LogP contribution in [0.25, 0.3) is 0 Å². The summed E-state index contributed by atoms with van der Waals surface area (Å²) in [4.78, 5) is 2.19. The molecular weight excluding hydrogens is 304 g/mol. The smallest absolute Gasteiger partial charge is 0.123 e. The molecule has 0 saturated carbocycles. The van der Waals surface area contributed by atoms with E-state index in [1.807, 2.05) is 19.1 Å². The maximum absolute atomic E-state index is 5.77. The first kappa shape index (κ1) is 16.7. The molecule has 0 aliphatic rings. The average molecular weight is 324 g/mol. The van der Waals surface area contributed by atoms with Crippen molar-refractivity contribution in [2.45, 2.75) is 19.5 Å². The van der Waals surface area contributed by atoms with Crippen molar-refractivity contribution in [3.8, 4) is 5.75 Å². The first-order valence-corrected chi connectivity index (χ1v) is 6.08. The first-order chi connectivity index (χ1) is 7.52. The van der Waals surface area contributed by atoms with Crippen LogP contribution in [0.15, 0.2) is 22.7 Å². The van der Waals surface area contributed by atoms with Gasteiger partial charge in [-0.3, -0.25) is 0 Å². The van der Waals surface area contributed by atoms with Gasteiger partial charge >= 0.3 is 0 Å². The normalized spacial score (nSPS) is 12.1. The van der Waals surface area contributed by atoms with Gasteiger partial charge in [0.1, 0.15) is 5.75 Å². The second kappa shape index (κ2) is 7.93. The number of hydrogen-bond donors (Lipinski definition) is 1. The summed E-state index contributed by atoms with van der Waals surface area (Å²) in [5.41, 5.74) is 6.93. The monoisotopic (exact) mass is 322 g/mol. The van der Waals surface area contributed by atoms with Crippen LogP contribution in [0.3, 0.4) is 0 Å². The second-order valence-corrected chi connectivity index (χ2v) is 5.05. The van der Waals surface area contributed by atoms with Crippen LogP contribution in [0.4, 0.5) is 0 Å². The largest absolute Gasteiger partial charge is 0.496 e. The molecule has 0 spiro atoms.